The van der Waals surface area contributed by atoms with Crippen molar-refractivity contribution in [1.82, 2.24) is 0 Å². The summed E-state index contributed by atoms with van der Waals surface area (Å²) in [6.07, 6.45) is 82.2. The van der Waals surface area contributed by atoms with Gasteiger partial charge in [-0.15, -0.1) is 0 Å². The highest BCUT2D eigenvalue weighted by Gasteiger charge is 2.27. The van der Waals surface area contributed by atoms with Gasteiger partial charge in [0.2, 0.25) is 0 Å². The van der Waals surface area contributed by atoms with E-state index in [9.17, 15) is 19.0 Å². The molecule has 2 unspecified atom stereocenters. The number of nitrogens with zero attached hydrogens (tertiary/aromatic N) is 1. The fraction of sp³-hybridized carbons (Fsp3) is 0.861. The Labute approximate surface area is 509 Å². The molecule has 0 aromatic carbocycles. The maximum Gasteiger partial charge on any atom is 0.472 e. The fourth-order valence-corrected chi connectivity index (χ4v) is 11.1. The van der Waals surface area contributed by atoms with Crippen molar-refractivity contribution >= 4 is 19.8 Å². The van der Waals surface area contributed by atoms with Gasteiger partial charge >= 0.3 is 19.8 Å². The van der Waals surface area contributed by atoms with E-state index in [4.69, 9.17) is 18.5 Å². The first-order valence-electron chi connectivity index (χ1n) is 35.4. The number of phosphoric ester groups is 1. The molecule has 0 aromatic heterocycles. The predicted molar refractivity (Wildman–Crippen MR) is 353 cm³/mol. The molecule has 0 heterocycles. The highest BCUT2D eigenvalue weighted by molar-refractivity contribution is 7.47. The van der Waals surface area contributed by atoms with Gasteiger partial charge in [0, 0.05) is 12.8 Å². The van der Waals surface area contributed by atoms with Crippen LogP contribution >= 0.6 is 7.82 Å². The molecule has 0 fully saturated rings. The summed E-state index contributed by atoms with van der Waals surface area (Å²) in [7, 11) is 1.49. The summed E-state index contributed by atoms with van der Waals surface area (Å²) in [5.41, 5.74) is 0. The Balaban J connectivity index is 4.02. The van der Waals surface area contributed by atoms with Gasteiger partial charge in [-0.25, -0.2) is 4.57 Å². The lowest BCUT2D eigenvalue weighted by molar-refractivity contribution is -0.870. The number of carbonyl (C=O) groups excluding carboxylic acids is 2. The topological polar surface area (TPSA) is 108 Å². The van der Waals surface area contributed by atoms with E-state index in [2.05, 4.69) is 62.5 Å². The van der Waals surface area contributed by atoms with E-state index < -0.39 is 26.5 Å². The van der Waals surface area contributed by atoms with Crippen LogP contribution in [0.3, 0.4) is 0 Å². The van der Waals surface area contributed by atoms with E-state index in [0.29, 0.717) is 23.9 Å². The van der Waals surface area contributed by atoms with Crippen molar-refractivity contribution < 1.29 is 42.1 Å². The number of carbonyl (C=O) groups is 2. The number of esters is 2. The molecule has 0 saturated carbocycles. The Hall–Kier alpha value is -2.03. The summed E-state index contributed by atoms with van der Waals surface area (Å²) in [4.78, 5) is 35.9. The number of ether oxygens (including phenoxy) is 2. The van der Waals surface area contributed by atoms with Crippen molar-refractivity contribution in [2.75, 3.05) is 47.5 Å². The Morgan fingerprint density at radius 2 is 0.659 bits per heavy atom. The van der Waals surface area contributed by atoms with Crippen LogP contribution in [-0.4, -0.2) is 74.9 Å². The monoisotopic (exact) mass is 1180 g/mol. The number of quaternary nitrogens is 1. The number of hydrogen-bond donors (Lipinski definition) is 1. The largest absolute Gasteiger partial charge is 0.472 e. The molecule has 9 nitrogen and oxygen atoms in total. The van der Waals surface area contributed by atoms with E-state index in [0.717, 1.165) is 44.9 Å². The van der Waals surface area contributed by atoms with E-state index in [1.807, 2.05) is 21.1 Å². The molecular weight excluding hydrogens is 1040 g/mol. The number of hydrogen-bond acceptors (Lipinski definition) is 7. The lowest BCUT2D eigenvalue weighted by Gasteiger charge is -2.24. The van der Waals surface area contributed by atoms with E-state index >= 15 is 0 Å². The molecule has 2 atom stereocenters. The third-order valence-corrected chi connectivity index (χ3v) is 16.8. The minimum absolute atomic E-state index is 0.0332. The Bertz CT molecular complexity index is 1520. The lowest BCUT2D eigenvalue weighted by atomic mass is 10.0. The van der Waals surface area contributed by atoms with Crippen LogP contribution in [0.4, 0.5) is 0 Å². The summed E-state index contributed by atoms with van der Waals surface area (Å²) >= 11 is 0. The third-order valence-electron chi connectivity index (χ3n) is 15.8. The smallest absolute Gasteiger partial charge is 0.462 e. The SMILES string of the molecule is CCCCCCC/C=C\C/C=C\C/C=C\CCCCCCCCCCCCCCCCCCC(=O)OC(COC(=O)CCCCCCCCCCCCCCCCC/C=C\CCCCCCCCCC)COP(=O)(O)OCC[N+](C)(C)C. The third kappa shape index (κ3) is 67.1. The number of phosphoric acid groups is 1. The molecule has 0 bridgehead atoms. The quantitative estimate of drug-likeness (QED) is 0.0211. The van der Waals surface area contributed by atoms with Gasteiger partial charge in [-0.2, -0.15) is 0 Å². The Morgan fingerprint density at radius 3 is 0.988 bits per heavy atom. The number of rotatable bonds is 66. The highest BCUT2D eigenvalue weighted by Crippen LogP contribution is 2.43. The van der Waals surface area contributed by atoms with E-state index in [1.165, 1.54) is 270 Å². The maximum atomic E-state index is 12.9. The second-order valence-corrected chi connectivity index (χ2v) is 26.7. The van der Waals surface area contributed by atoms with Crippen molar-refractivity contribution in [3.05, 3.63) is 48.6 Å². The van der Waals surface area contributed by atoms with Gasteiger partial charge in [-0.3, -0.25) is 18.6 Å². The average Bonchev–Trinajstić information content (AvgIpc) is 3.46. The van der Waals surface area contributed by atoms with Crippen LogP contribution in [-0.2, 0) is 32.7 Å². The summed E-state index contributed by atoms with van der Waals surface area (Å²) < 4.78 is 34.7. The molecule has 0 rings (SSSR count). The molecule has 0 radical (unpaired) electrons. The molecule has 0 spiro atoms. The molecular formula is C72H137NO8P+. The van der Waals surface area contributed by atoms with E-state index in [-0.39, 0.29) is 25.6 Å². The first-order chi connectivity index (χ1) is 40.0. The van der Waals surface area contributed by atoms with Gasteiger partial charge in [0.1, 0.15) is 19.8 Å². The van der Waals surface area contributed by atoms with Crippen LogP contribution in [0.25, 0.3) is 0 Å². The average molecular weight is 1180 g/mol. The van der Waals surface area contributed by atoms with Gasteiger partial charge in [-0.05, 0) is 77.0 Å². The molecule has 1 N–H and O–H groups in total. The van der Waals surface area contributed by atoms with Crippen molar-refractivity contribution in [2.45, 2.75) is 354 Å². The van der Waals surface area contributed by atoms with Crippen molar-refractivity contribution in [2.24, 2.45) is 0 Å². The molecule has 0 aliphatic heterocycles. The minimum Gasteiger partial charge on any atom is -0.462 e. The predicted octanol–water partition coefficient (Wildman–Crippen LogP) is 22.8. The molecule has 82 heavy (non-hydrogen) atoms. The summed E-state index contributed by atoms with van der Waals surface area (Å²) in [5, 5.41) is 0. The second-order valence-electron chi connectivity index (χ2n) is 25.3. The zero-order valence-electron chi connectivity index (χ0n) is 55.0. The van der Waals surface area contributed by atoms with Crippen LogP contribution in [0.15, 0.2) is 48.6 Å². The van der Waals surface area contributed by atoms with Gasteiger partial charge < -0.3 is 18.9 Å². The van der Waals surface area contributed by atoms with Crippen LogP contribution in [0.5, 0.6) is 0 Å². The highest BCUT2D eigenvalue weighted by atomic mass is 31.2. The number of unbranched alkanes of at least 4 members (excludes halogenated alkanes) is 44. The van der Waals surface area contributed by atoms with Crippen LogP contribution in [0.2, 0.25) is 0 Å². The van der Waals surface area contributed by atoms with Gasteiger partial charge in [0.15, 0.2) is 6.10 Å². The minimum atomic E-state index is -4.39. The number of likely N-dealkylation sites (N-methyl/N-ethyl adjacent to an activating group) is 1. The van der Waals surface area contributed by atoms with Crippen molar-refractivity contribution in [1.29, 1.82) is 0 Å². The van der Waals surface area contributed by atoms with E-state index in [1.54, 1.807) is 0 Å². The van der Waals surface area contributed by atoms with Crippen LogP contribution in [0.1, 0.15) is 348 Å². The molecule has 0 aromatic rings. The molecule has 0 amide bonds. The zero-order chi connectivity index (χ0) is 59.8. The van der Waals surface area contributed by atoms with Gasteiger partial charge in [0.05, 0.1) is 27.7 Å². The van der Waals surface area contributed by atoms with Crippen LogP contribution < -0.4 is 0 Å². The van der Waals surface area contributed by atoms with Gasteiger partial charge in [-0.1, -0.05) is 306 Å². The molecule has 482 valence electrons. The first-order valence-corrected chi connectivity index (χ1v) is 36.9. The lowest BCUT2D eigenvalue weighted by Crippen LogP contribution is -2.37. The Morgan fingerprint density at radius 1 is 0.378 bits per heavy atom. The summed E-state index contributed by atoms with van der Waals surface area (Å²) in [6.45, 7) is 4.48. The molecule has 0 aliphatic rings. The molecule has 10 heteroatoms. The molecule has 0 aliphatic carbocycles. The zero-order valence-corrected chi connectivity index (χ0v) is 55.9. The summed E-state index contributed by atoms with van der Waals surface area (Å²) in [6, 6.07) is 0. The van der Waals surface area contributed by atoms with Crippen molar-refractivity contribution in [3.8, 4) is 0 Å². The Kier molecular flexibility index (Phi) is 61.9. The number of allylic oxidation sites excluding steroid dienone is 8. The van der Waals surface area contributed by atoms with Gasteiger partial charge in [0.25, 0.3) is 0 Å². The summed E-state index contributed by atoms with van der Waals surface area (Å²) in [5.74, 6) is -0.780. The standard InChI is InChI=1S/C72H136NO8P/c1-6-8-10-12-14-16-18-20-22-24-26-28-30-32-34-35-36-37-39-41-43-45-47-49-51-53-55-57-59-61-63-65-72(75)81-70(69-80-82(76,77)79-67-66-73(3,4)5)68-78-71(74)64-62-60-58-56-54-52-50-48-46-44-42-40-38-33-31-29-27-25-23-21-19-17-15-13-11-9-7-2/h18,20,24-27,30,32,70H,6-17,19,21-23,28-29,31,33-69H2,1-5H3/p+1/b20-18-,26-24-,27-25-,32-30-. The normalized spacial score (nSPS) is 13.4. The van der Waals surface area contributed by atoms with Crippen molar-refractivity contribution in [3.63, 3.8) is 0 Å². The molecule has 0 saturated heterocycles. The maximum absolute atomic E-state index is 12.9. The van der Waals surface area contributed by atoms with Crippen LogP contribution in [0, 0.1) is 0 Å². The fourth-order valence-electron chi connectivity index (χ4n) is 10.4. The second kappa shape index (κ2) is 63.5. The first kappa shape index (κ1) is 80.0.